The molecule has 0 spiro atoms. The van der Waals surface area contributed by atoms with Crippen LogP contribution in [0.3, 0.4) is 0 Å². The van der Waals surface area contributed by atoms with Crippen molar-refractivity contribution in [3.63, 3.8) is 0 Å². The van der Waals surface area contributed by atoms with E-state index in [1.807, 2.05) is 109 Å². The summed E-state index contributed by atoms with van der Waals surface area (Å²) in [6.07, 6.45) is 42.0. The van der Waals surface area contributed by atoms with Gasteiger partial charge in [-0.2, -0.15) is 0 Å². The normalized spacial score (nSPS) is 31.6. The Morgan fingerprint density at radius 1 is 0.381 bits per heavy atom. The van der Waals surface area contributed by atoms with Gasteiger partial charge in [-0.1, -0.05) is 115 Å². The lowest BCUT2D eigenvalue weighted by molar-refractivity contribution is 1.34. The van der Waals surface area contributed by atoms with E-state index in [1.54, 1.807) is 0 Å². The Balaban J connectivity index is 2.63. The van der Waals surface area contributed by atoms with Crippen molar-refractivity contribution in [3.8, 4) is 0 Å². The van der Waals surface area contributed by atoms with E-state index in [4.69, 9.17) is 0 Å². The summed E-state index contributed by atoms with van der Waals surface area (Å²) in [5, 5.41) is 0. The van der Waals surface area contributed by atoms with Crippen LogP contribution in [0.5, 0.6) is 0 Å². The molecule has 0 aromatic carbocycles. The van der Waals surface area contributed by atoms with Crippen molar-refractivity contribution in [2.45, 2.75) is 6.42 Å². The molecule has 0 aromatic rings. The fourth-order valence-electron chi connectivity index (χ4n) is 1.37. The summed E-state index contributed by atoms with van der Waals surface area (Å²) < 4.78 is 0. The molecule has 1 rings (SSSR count). The highest BCUT2D eigenvalue weighted by Gasteiger charge is 1.70. The maximum atomic E-state index is 3.18. The Bertz CT molecular complexity index is 489. The van der Waals surface area contributed by atoms with Crippen molar-refractivity contribution < 1.29 is 0 Å². The molecule has 0 unspecified atom stereocenters. The van der Waals surface area contributed by atoms with Crippen molar-refractivity contribution >= 4 is 0 Å². The number of hydrogen-bond acceptors (Lipinski definition) is 0. The maximum Gasteiger partial charge on any atom is -0.00915 e. The van der Waals surface area contributed by atoms with Crippen molar-refractivity contribution in [2.24, 2.45) is 0 Å². The zero-order chi connectivity index (χ0) is 14.8. The third-order valence-electron chi connectivity index (χ3n) is 2.36. The minimum Gasteiger partial charge on any atom is -0.0801 e. The molecule has 0 saturated carbocycles. The molecule has 0 fully saturated rings. The van der Waals surface area contributed by atoms with E-state index in [1.165, 1.54) is 0 Å². The first-order chi connectivity index (χ1) is 10.5. The molecule has 1 radical (unpaired) electrons. The fourth-order valence-corrected chi connectivity index (χ4v) is 1.37. The number of allylic oxidation sites excluding steroid dienone is 20. The zero-order valence-electron chi connectivity index (χ0n) is 12.2. The molecule has 0 saturated heterocycles. The van der Waals surface area contributed by atoms with Gasteiger partial charge in [0.2, 0.25) is 0 Å². The van der Waals surface area contributed by atoms with Crippen LogP contribution in [0.4, 0.5) is 0 Å². The Labute approximate surface area is 128 Å². The summed E-state index contributed by atoms with van der Waals surface area (Å²) >= 11 is 0. The summed E-state index contributed by atoms with van der Waals surface area (Å²) in [7, 11) is 0. The molecule has 0 bridgehead atoms. The van der Waals surface area contributed by atoms with Gasteiger partial charge in [0.1, 0.15) is 0 Å². The summed E-state index contributed by atoms with van der Waals surface area (Å²) in [5.74, 6) is 0. The number of rotatable bonds is 0. The van der Waals surface area contributed by atoms with Gasteiger partial charge in [-0.05, 0) is 12.5 Å². The van der Waals surface area contributed by atoms with Crippen LogP contribution < -0.4 is 0 Å². The molecule has 1 aliphatic carbocycles. The van der Waals surface area contributed by atoms with E-state index < -0.39 is 0 Å². The van der Waals surface area contributed by atoms with E-state index in [-0.39, 0.29) is 0 Å². The highest BCUT2D eigenvalue weighted by atomic mass is 13.8. The van der Waals surface area contributed by atoms with Crippen molar-refractivity contribution in [2.75, 3.05) is 0 Å². The highest BCUT2D eigenvalue weighted by molar-refractivity contribution is 5.22. The quantitative estimate of drug-likeness (QED) is 0.526. The average molecular weight is 273 g/mol. The van der Waals surface area contributed by atoms with Crippen LogP contribution in [0.25, 0.3) is 0 Å². The van der Waals surface area contributed by atoms with Gasteiger partial charge in [0, 0.05) is 0 Å². The van der Waals surface area contributed by atoms with Gasteiger partial charge in [-0.3, -0.25) is 0 Å². The molecule has 0 heterocycles. The van der Waals surface area contributed by atoms with Crippen LogP contribution >= 0.6 is 0 Å². The summed E-state index contributed by atoms with van der Waals surface area (Å²) in [4.78, 5) is 0. The van der Waals surface area contributed by atoms with Gasteiger partial charge < -0.3 is 0 Å². The third-order valence-corrected chi connectivity index (χ3v) is 2.36. The largest absolute Gasteiger partial charge is 0.0801 e. The van der Waals surface area contributed by atoms with Gasteiger partial charge in [-0.15, -0.1) is 0 Å². The summed E-state index contributed by atoms with van der Waals surface area (Å²) in [5.41, 5.74) is 0. The predicted octanol–water partition coefficient (Wildman–Crippen LogP) is 5.76. The molecule has 105 valence electrons. The zero-order valence-corrected chi connectivity index (χ0v) is 12.2. The van der Waals surface area contributed by atoms with Crippen molar-refractivity contribution in [1.82, 2.24) is 0 Å². The van der Waals surface area contributed by atoms with Gasteiger partial charge in [0.15, 0.2) is 0 Å². The molecule has 0 nitrogen and oxygen atoms in total. The summed E-state index contributed by atoms with van der Waals surface area (Å²) in [6, 6.07) is 0. The molecule has 0 aliphatic heterocycles. The van der Waals surface area contributed by atoms with Crippen LogP contribution in [0.15, 0.2) is 115 Å². The molecular weight excluding hydrogens is 252 g/mol. The van der Waals surface area contributed by atoms with E-state index in [9.17, 15) is 0 Å². The second-order valence-corrected chi connectivity index (χ2v) is 4.08. The lowest BCUT2D eigenvalue weighted by Gasteiger charge is -1.78. The molecule has 0 aromatic heterocycles. The van der Waals surface area contributed by atoms with Crippen LogP contribution in [0, 0.1) is 6.08 Å². The Kier molecular flexibility index (Phi) is 10.8. The van der Waals surface area contributed by atoms with Crippen LogP contribution in [-0.2, 0) is 0 Å². The van der Waals surface area contributed by atoms with Crippen molar-refractivity contribution in [3.05, 3.63) is 122 Å². The first-order valence-electron chi connectivity index (χ1n) is 7.05. The topological polar surface area (TPSA) is 0 Å². The molecular formula is C21H21. The van der Waals surface area contributed by atoms with Crippen LogP contribution in [0.2, 0.25) is 0 Å². The lowest BCUT2D eigenvalue weighted by Crippen LogP contribution is -1.59. The van der Waals surface area contributed by atoms with Crippen LogP contribution in [-0.4, -0.2) is 0 Å². The van der Waals surface area contributed by atoms with E-state index in [0.717, 1.165) is 6.42 Å². The predicted molar refractivity (Wildman–Crippen MR) is 94.7 cm³/mol. The third kappa shape index (κ3) is 12.2. The lowest BCUT2D eigenvalue weighted by atomic mass is 10.3. The van der Waals surface area contributed by atoms with Gasteiger partial charge >= 0.3 is 0 Å². The molecule has 0 heteroatoms. The minimum absolute atomic E-state index is 0.817. The number of hydrogen-bond donors (Lipinski definition) is 0. The standard InChI is InChI=1S/C21H21/c1-2-4-6-8-10-12-14-16-18-20-21-19-17-15-13-11-9-7-5-3-1/h1-19H,20H2/b2-1+,5-3-,6-4+,9-7-,10-8-,13-11-,14-12+,17-15+,18-16+,21-19?. The maximum absolute atomic E-state index is 3.18. The Morgan fingerprint density at radius 3 is 1.14 bits per heavy atom. The Hall–Kier alpha value is -2.60. The first kappa shape index (κ1) is 16.5. The molecule has 0 atom stereocenters. The van der Waals surface area contributed by atoms with Gasteiger partial charge in [0.05, 0.1) is 0 Å². The average Bonchev–Trinajstić information content (AvgIpc) is 2.50. The molecule has 0 amide bonds. The minimum atomic E-state index is 0.817. The SMILES string of the molecule is [C]1=C/C=C/C=C\C=C/C=C\C=C\C=C\C=C/C=C/C=C/C/1. The summed E-state index contributed by atoms with van der Waals surface area (Å²) in [6.45, 7) is 0. The second kappa shape index (κ2) is 13.8. The van der Waals surface area contributed by atoms with E-state index in [2.05, 4.69) is 12.2 Å². The first-order valence-corrected chi connectivity index (χ1v) is 7.05. The fraction of sp³-hybridized carbons (Fsp3) is 0.0476. The molecule has 1 aliphatic rings. The van der Waals surface area contributed by atoms with E-state index in [0.29, 0.717) is 0 Å². The second-order valence-electron chi connectivity index (χ2n) is 4.08. The van der Waals surface area contributed by atoms with Gasteiger partial charge in [0.25, 0.3) is 0 Å². The van der Waals surface area contributed by atoms with Crippen molar-refractivity contribution in [1.29, 1.82) is 0 Å². The molecule has 0 N–H and O–H groups in total. The van der Waals surface area contributed by atoms with Gasteiger partial charge in [-0.25, -0.2) is 0 Å². The molecule has 21 heavy (non-hydrogen) atoms. The Morgan fingerprint density at radius 2 is 0.714 bits per heavy atom. The van der Waals surface area contributed by atoms with E-state index >= 15 is 0 Å². The monoisotopic (exact) mass is 273 g/mol. The van der Waals surface area contributed by atoms with Crippen LogP contribution in [0.1, 0.15) is 6.42 Å². The smallest absolute Gasteiger partial charge is 0.00915 e. The highest BCUT2D eigenvalue weighted by Crippen LogP contribution is 1.90.